The highest BCUT2D eigenvalue weighted by atomic mass is 32.2. The molecule has 15 heavy (non-hydrogen) atoms. The number of nitrogens with zero attached hydrogens (tertiary/aromatic N) is 1. The molecule has 0 saturated carbocycles. The van der Waals surface area contributed by atoms with Gasteiger partial charge in [0, 0.05) is 11.7 Å². The first-order chi connectivity index (χ1) is 7.27. The number of hydrogen-bond acceptors (Lipinski definition) is 3. The SMILES string of the molecule is CCSC(CC(N)=NO)c1ccccc1. The number of thioether (sulfide) groups is 1. The zero-order valence-corrected chi connectivity index (χ0v) is 9.57. The van der Waals surface area contributed by atoms with Crippen LogP contribution in [0.25, 0.3) is 0 Å². The molecule has 0 heterocycles. The summed E-state index contributed by atoms with van der Waals surface area (Å²) in [5.41, 5.74) is 6.75. The third-order valence-electron chi connectivity index (χ3n) is 2.06. The number of rotatable bonds is 5. The minimum absolute atomic E-state index is 0.270. The second kappa shape index (κ2) is 6.35. The standard InChI is InChI=1S/C11H16N2OS/c1-2-15-10(8-11(12)13-14)9-6-4-3-5-7-9/h3-7,10,14H,2,8H2,1H3,(H2,12,13). The Morgan fingerprint density at radius 3 is 2.67 bits per heavy atom. The summed E-state index contributed by atoms with van der Waals surface area (Å²) in [6.07, 6.45) is 0.582. The summed E-state index contributed by atoms with van der Waals surface area (Å²) in [6.45, 7) is 2.10. The van der Waals surface area contributed by atoms with Gasteiger partial charge in [-0.15, -0.1) is 0 Å². The van der Waals surface area contributed by atoms with E-state index in [1.165, 1.54) is 5.56 Å². The summed E-state index contributed by atoms with van der Waals surface area (Å²) in [5.74, 6) is 1.29. The minimum Gasteiger partial charge on any atom is -0.409 e. The van der Waals surface area contributed by atoms with Crippen LogP contribution in [0.3, 0.4) is 0 Å². The van der Waals surface area contributed by atoms with Crippen molar-refractivity contribution in [1.82, 2.24) is 0 Å². The summed E-state index contributed by atoms with van der Waals surface area (Å²) < 4.78 is 0. The van der Waals surface area contributed by atoms with E-state index in [1.54, 1.807) is 11.8 Å². The van der Waals surface area contributed by atoms with E-state index in [9.17, 15) is 0 Å². The molecular formula is C11H16N2OS. The summed E-state index contributed by atoms with van der Waals surface area (Å²) in [4.78, 5) is 0. The van der Waals surface area contributed by atoms with Crippen molar-refractivity contribution in [2.75, 3.05) is 5.75 Å². The Morgan fingerprint density at radius 2 is 2.13 bits per heavy atom. The minimum atomic E-state index is 0.270. The third kappa shape index (κ3) is 3.83. The highest BCUT2D eigenvalue weighted by Crippen LogP contribution is 2.31. The number of oxime groups is 1. The molecule has 1 rings (SSSR count). The van der Waals surface area contributed by atoms with Gasteiger partial charge in [-0.25, -0.2) is 0 Å². The molecule has 0 aliphatic heterocycles. The van der Waals surface area contributed by atoms with Crippen molar-refractivity contribution >= 4 is 17.6 Å². The first kappa shape index (κ1) is 11.9. The summed E-state index contributed by atoms with van der Waals surface area (Å²) >= 11 is 1.80. The van der Waals surface area contributed by atoms with Crippen molar-refractivity contribution in [1.29, 1.82) is 0 Å². The first-order valence-electron chi connectivity index (χ1n) is 4.90. The van der Waals surface area contributed by atoms with Gasteiger partial charge in [0.05, 0.1) is 0 Å². The Balaban J connectivity index is 2.74. The van der Waals surface area contributed by atoms with Crippen molar-refractivity contribution in [3.05, 3.63) is 35.9 Å². The maximum atomic E-state index is 8.55. The van der Waals surface area contributed by atoms with Crippen molar-refractivity contribution in [2.45, 2.75) is 18.6 Å². The van der Waals surface area contributed by atoms with Crippen LogP contribution >= 0.6 is 11.8 Å². The van der Waals surface area contributed by atoms with E-state index in [2.05, 4.69) is 24.2 Å². The molecule has 0 fully saturated rings. The topological polar surface area (TPSA) is 58.6 Å². The lowest BCUT2D eigenvalue weighted by molar-refractivity contribution is 0.317. The van der Waals surface area contributed by atoms with E-state index < -0.39 is 0 Å². The molecule has 0 aromatic heterocycles. The zero-order valence-electron chi connectivity index (χ0n) is 8.76. The van der Waals surface area contributed by atoms with Crippen LogP contribution in [0.4, 0.5) is 0 Å². The zero-order chi connectivity index (χ0) is 11.1. The van der Waals surface area contributed by atoms with Crippen LogP contribution in [-0.2, 0) is 0 Å². The Kier molecular flexibility index (Phi) is 5.04. The molecule has 0 aliphatic rings. The molecule has 0 spiro atoms. The van der Waals surface area contributed by atoms with Gasteiger partial charge in [0.15, 0.2) is 0 Å². The van der Waals surface area contributed by atoms with E-state index >= 15 is 0 Å². The summed E-state index contributed by atoms with van der Waals surface area (Å²) in [7, 11) is 0. The number of hydrogen-bond donors (Lipinski definition) is 2. The molecule has 0 aliphatic carbocycles. The highest BCUT2D eigenvalue weighted by molar-refractivity contribution is 7.99. The molecule has 0 saturated heterocycles. The Hall–Kier alpha value is -1.16. The maximum absolute atomic E-state index is 8.55. The number of amidine groups is 1. The molecule has 4 heteroatoms. The first-order valence-corrected chi connectivity index (χ1v) is 5.95. The van der Waals surface area contributed by atoms with Crippen LogP contribution in [0.1, 0.15) is 24.2 Å². The summed E-state index contributed by atoms with van der Waals surface area (Å²) in [6, 6.07) is 10.1. The molecule has 1 unspecified atom stereocenters. The lowest BCUT2D eigenvalue weighted by atomic mass is 10.1. The molecule has 0 radical (unpaired) electrons. The van der Waals surface area contributed by atoms with Crippen LogP contribution < -0.4 is 5.73 Å². The molecule has 1 aromatic carbocycles. The van der Waals surface area contributed by atoms with Crippen LogP contribution in [0.15, 0.2) is 35.5 Å². The predicted octanol–water partition coefficient (Wildman–Crippen LogP) is 2.62. The largest absolute Gasteiger partial charge is 0.409 e. The molecule has 1 atom stereocenters. The average molecular weight is 224 g/mol. The molecule has 3 N–H and O–H groups in total. The van der Waals surface area contributed by atoms with Gasteiger partial charge in [0.25, 0.3) is 0 Å². The number of benzene rings is 1. The van der Waals surface area contributed by atoms with Crippen LogP contribution in [0.5, 0.6) is 0 Å². The third-order valence-corrected chi connectivity index (χ3v) is 3.24. The van der Waals surface area contributed by atoms with Gasteiger partial charge in [0.1, 0.15) is 5.84 Å². The van der Waals surface area contributed by atoms with Gasteiger partial charge in [-0.05, 0) is 11.3 Å². The lowest BCUT2D eigenvalue weighted by Crippen LogP contribution is -2.14. The monoisotopic (exact) mass is 224 g/mol. The van der Waals surface area contributed by atoms with Gasteiger partial charge in [-0.1, -0.05) is 42.4 Å². The fourth-order valence-electron chi connectivity index (χ4n) is 1.37. The normalized spacial score (nSPS) is 13.8. The van der Waals surface area contributed by atoms with Gasteiger partial charge >= 0.3 is 0 Å². The second-order valence-corrected chi connectivity index (χ2v) is 4.63. The summed E-state index contributed by atoms with van der Waals surface area (Å²) in [5, 5.41) is 11.8. The van der Waals surface area contributed by atoms with E-state index in [0.717, 1.165) is 5.75 Å². The van der Waals surface area contributed by atoms with Crippen LogP contribution in [-0.4, -0.2) is 16.8 Å². The van der Waals surface area contributed by atoms with E-state index in [0.29, 0.717) is 6.42 Å². The molecular weight excluding hydrogens is 208 g/mol. The smallest absolute Gasteiger partial charge is 0.140 e. The predicted molar refractivity (Wildman–Crippen MR) is 65.3 cm³/mol. The highest BCUT2D eigenvalue weighted by Gasteiger charge is 2.12. The number of nitrogens with two attached hydrogens (primary N) is 1. The van der Waals surface area contributed by atoms with Crippen molar-refractivity contribution < 1.29 is 5.21 Å². The van der Waals surface area contributed by atoms with E-state index in [1.807, 2.05) is 18.2 Å². The molecule has 3 nitrogen and oxygen atoms in total. The fraction of sp³-hybridized carbons (Fsp3) is 0.364. The average Bonchev–Trinajstić information content (AvgIpc) is 2.29. The Labute approximate surface area is 94.4 Å². The van der Waals surface area contributed by atoms with E-state index in [-0.39, 0.29) is 11.1 Å². The second-order valence-electron chi connectivity index (χ2n) is 3.15. The molecule has 0 bridgehead atoms. The van der Waals surface area contributed by atoms with Gasteiger partial charge in [-0.2, -0.15) is 11.8 Å². The molecule has 82 valence electrons. The van der Waals surface area contributed by atoms with Crippen molar-refractivity contribution in [3.8, 4) is 0 Å². The molecule has 0 amide bonds. The Morgan fingerprint density at radius 1 is 1.47 bits per heavy atom. The fourth-order valence-corrected chi connectivity index (χ4v) is 2.41. The lowest BCUT2D eigenvalue weighted by Gasteiger charge is -2.15. The van der Waals surface area contributed by atoms with Crippen LogP contribution in [0, 0.1) is 0 Å². The van der Waals surface area contributed by atoms with Crippen LogP contribution in [0.2, 0.25) is 0 Å². The molecule has 1 aromatic rings. The quantitative estimate of drug-likeness (QED) is 0.350. The van der Waals surface area contributed by atoms with Crippen molar-refractivity contribution in [3.63, 3.8) is 0 Å². The van der Waals surface area contributed by atoms with Crippen molar-refractivity contribution in [2.24, 2.45) is 10.9 Å². The van der Waals surface area contributed by atoms with E-state index in [4.69, 9.17) is 10.9 Å². The maximum Gasteiger partial charge on any atom is 0.140 e. The van der Waals surface area contributed by atoms with Gasteiger partial charge in [0.2, 0.25) is 0 Å². The van der Waals surface area contributed by atoms with Gasteiger partial charge < -0.3 is 10.9 Å². The van der Waals surface area contributed by atoms with Gasteiger partial charge in [-0.3, -0.25) is 0 Å². The Bertz CT molecular complexity index is 314.